The molecule has 3 aromatic heterocycles. The van der Waals surface area contributed by atoms with Crippen molar-refractivity contribution in [1.82, 2.24) is 34.1 Å². The van der Waals surface area contributed by atoms with Crippen LogP contribution in [0.4, 0.5) is 5.82 Å². The van der Waals surface area contributed by atoms with Crippen LogP contribution in [0.5, 0.6) is 0 Å². The number of anilines is 1. The molecule has 0 bridgehead atoms. The summed E-state index contributed by atoms with van der Waals surface area (Å²) in [5.74, 6) is 1.86. The molecule has 4 rings (SSSR count). The highest BCUT2D eigenvalue weighted by Gasteiger charge is 2.31. The Morgan fingerprint density at radius 3 is 2.61 bits per heavy atom. The lowest BCUT2D eigenvalue weighted by atomic mass is 9.96. The number of rotatable bonds is 5. The third-order valence-electron chi connectivity index (χ3n) is 4.78. The lowest BCUT2D eigenvalue weighted by molar-refractivity contribution is 0.400. The summed E-state index contributed by atoms with van der Waals surface area (Å²) in [6.45, 7) is 8.05. The van der Waals surface area contributed by atoms with Crippen LogP contribution in [0, 0.1) is 5.92 Å². The van der Waals surface area contributed by atoms with Crippen molar-refractivity contribution < 1.29 is 8.42 Å². The highest BCUT2D eigenvalue weighted by atomic mass is 32.2. The van der Waals surface area contributed by atoms with E-state index in [-0.39, 0.29) is 16.5 Å². The Balaban J connectivity index is 1.41. The molecule has 0 spiro atoms. The van der Waals surface area contributed by atoms with Gasteiger partial charge in [0.1, 0.15) is 5.82 Å². The van der Waals surface area contributed by atoms with E-state index < -0.39 is 10.0 Å². The molecule has 1 N–H and O–H groups in total. The minimum atomic E-state index is -3.60. The zero-order chi connectivity index (χ0) is 20.1. The van der Waals surface area contributed by atoms with E-state index in [1.165, 1.54) is 10.8 Å². The smallest absolute Gasteiger partial charge is 0.274 e. The SMILES string of the molecule is Cn1ccnc1S(=O)(=O)NCC1CN(c2ccc3nnc(C(C)(C)C)n3n2)C1. The summed E-state index contributed by atoms with van der Waals surface area (Å²) in [7, 11) is -1.94. The fourth-order valence-electron chi connectivity index (χ4n) is 3.20. The highest BCUT2D eigenvalue weighted by molar-refractivity contribution is 7.89. The van der Waals surface area contributed by atoms with E-state index in [1.807, 2.05) is 12.1 Å². The third kappa shape index (κ3) is 3.35. The standard InChI is InChI=1S/C17H24N8O2S/c1-17(2,3)15-21-20-13-5-6-14(22-25(13)15)24-10-12(11-24)9-19-28(26,27)16-18-7-8-23(16)4/h5-8,12,19H,9-11H2,1-4H3. The molecule has 1 aliphatic heterocycles. The van der Waals surface area contributed by atoms with Crippen molar-refractivity contribution in [3.8, 4) is 0 Å². The maximum absolute atomic E-state index is 12.3. The van der Waals surface area contributed by atoms with Crippen LogP contribution in [0.2, 0.25) is 0 Å². The lowest BCUT2D eigenvalue weighted by Crippen LogP contribution is -2.52. The van der Waals surface area contributed by atoms with Crippen molar-refractivity contribution in [2.75, 3.05) is 24.5 Å². The molecule has 0 saturated carbocycles. The van der Waals surface area contributed by atoms with Gasteiger partial charge in [0.15, 0.2) is 11.5 Å². The van der Waals surface area contributed by atoms with Crippen LogP contribution in [0.15, 0.2) is 29.7 Å². The van der Waals surface area contributed by atoms with E-state index in [9.17, 15) is 8.42 Å². The normalized spacial score (nSPS) is 15.9. The predicted octanol–water partition coefficient (Wildman–Crippen LogP) is 0.570. The van der Waals surface area contributed by atoms with E-state index in [1.54, 1.807) is 17.8 Å². The van der Waals surface area contributed by atoms with Crippen molar-refractivity contribution in [3.05, 3.63) is 30.4 Å². The average Bonchev–Trinajstić information content (AvgIpc) is 3.18. The second-order valence-corrected chi connectivity index (χ2v) is 9.84. The first kappa shape index (κ1) is 18.8. The highest BCUT2D eigenvalue weighted by Crippen LogP contribution is 2.25. The minimum Gasteiger partial charge on any atom is -0.354 e. The molecular formula is C17H24N8O2S. The van der Waals surface area contributed by atoms with Gasteiger partial charge in [-0.05, 0) is 12.1 Å². The second-order valence-electron chi connectivity index (χ2n) is 8.18. The lowest BCUT2D eigenvalue weighted by Gasteiger charge is -2.40. The van der Waals surface area contributed by atoms with E-state index >= 15 is 0 Å². The summed E-state index contributed by atoms with van der Waals surface area (Å²) in [4.78, 5) is 6.02. The molecule has 3 aromatic rings. The van der Waals surface area contributed by atoms with E-state index in [0.29, 0.717) is 12.2 Å². The van der Waals surface area contributed by atoms with Gasteiger partial charge in [0.25, 0.3) is 10.0 Å². The number of aryl methyl sites for hydroxylation is 1. The fraction of sp³-hybridized carbons (Fsp3) is 0.529. The van der Waals surface area contributed by atoms with Crippen molar-refractivity contribution in [3.63, 3.8) is 0 Å². The fourth-order valence-corrected chi connectivity index (χ4v) is 4.43. The number of imidazole rings is 1. The maximum Gasteiger partial charge on any atom is 0.274 e. The molecule has 1 fully saturated rings. The summed E-state index contributed by atoms with van der Waals surface area (Å²) < 4.78 is 30.6. The summed E-state index contributed by atoms with van der Waals surface area (Å²) in [6, 6.07) is 3.83. The van der Waals surface area contributed by atoms with Crippen molar-refractivity contribution in [1.29, 1.82) is 0 Å². The van der Waals surface area contributed by atoms with Gasteiger partial charge in [-0.2, -0.15) is 4.52 Å². The van der Waals surface area contributed by atoms with Gasteiger partial charge >= 0.3 is 0 Å². The minimum absolute atomic E-state index is 0.0260. The monoisotopic (exact) mass is 404 g/mol. The first-order valence-corrected chi connectivity index (χ1v) is 10.6. The summed E-state index contributed by atoms with van der Waals surface area (Å²) in [6.07, 6.45) is 3.08. The van der Waals surface area contributed by atoms with Crippen LogP contribution in [-0.2, 0) is 22.5 Å². The first-order valence-electron chi connectivity index (χ1n) is 9.10. The first-order chi connectivity index (χ1) is 13.1. The van der Waals surface area contributed by atoms with Crippen LogP contribution in [0.3, 0.4) is 0 Å². The van der Waals surface area contributed by atoms with Crippen LogP contribution in [-0.4, -0.2) is 57.4 Å². The summed E-state index contributed by atoms with van der Waals surface area (Å²) >= 11 is 0. The Bertz CT molecular complexity index is 1110. The van der Waals surface area contributed by atoms with E-state index in [0.717, 1.165) is 24.7 Å². The number of fused-ring (bicyclic) bond motifs is 1. The molecule has 1 aliphatic rings. The average molecular weight is 405 g/mol. The molecule has 4 heterocycles. The zero-order valence-electron chi connectivity index (χ0n) is 16.4. The molecule has 1 saturated heterocycles. The Morgan fingerprint density at radius 1 is 1.21 bits per heavy atom. The number of aromatic nitrogens is 6. The Labute approximate surface area is 163 Å². The zero-order valence-corrected chi connectivity index (χ0v) is 17.2. The van der Waals surface area contributed by atoms with Crippen LogP contribution in [0.1, 0.15) is 26.6 Å². The van der Waals surface area contributed by atoms with Gasteiger partial charge in [-0.3, -0.25) is 0 Å². The molecule has 0 amide bonds. The van der Waals surface area contributed by atoms with Crippen molar-refractivity contribution >= 4 is 21.5 Å². The Kier molecular flexibility index (Phi) is 4.38. The van der Waals surface area contributed by atoms with Gasteiger partial charge in [0.2, 0.25) is 5.16 Å². The largest absolute Gasteiger partial charge is 0.354 e. The molecule has 150 valence electrons. The number of nitrogens with one attached hydrogen (secondary N) is 1. The molecule has 0 unspecified atom stereocenters. The molecule has 0 aliphatic carbocycles. The topological polar surface area (TPSA) is 110 Å². The maximum atomic E-state index is 12.3. The molecule has 0 radical (unpaired) electrons. The van der Waals surface area contributed by atoms with Gasteiger partial charge in [-0.25, -0.2) is 18.1 Å². The van der Waals surface area contributed by atoms with E-state index in [4.69, 9.17) is 0 Å². The van der Waals surface area contributed by atoms with Crippen LogP contribution >= 0.6 is 0 Å². The second kappa shape index (κ2) is 6.52. The predicted molar refractivity (Wildman–Crippen MR) is 104 cm³/mol. The van der Waals surface area contributed by atoms with Crippen LogP contribution in [0.25, 0.3) is 5.65 Å². The molecule has 10 nitrogen and oxygen atoms in total. The van der Waals surface area contributed by atoms with Gasteiger partial charge in [-0.15, -0.1) is 15.3 Å². The summed E-state index contributed by atoms with van der Waals surface area (Å²) in [5.41, 5.74) is 0.555. The number of sulfonamides is 1. The van der Waals surface area contributed by atoms with Gasteiger partial charge in [0.05, 0.1) is 0 Å². The number of hydrogen-bond donors (Lipinski definition) is 1. The molecule has 28 heavy (non-hydrogen) atoms. The quantitative estimate of drug-likeness (QED) is 0.662. The Morgan fingerprint density at radius 2 is 1.96 bits per heavy atom. The van der Waals surface area contributed by atoms with Crippen LogP contribution < -0.4 is 9.62 Å². The Hall–Kier alpha value is -2.53. The van der Waals surface area contributed by atoms with Gasteiger partial charge in [0, 0.05) is 50.4 Å². The molecule has 11 heteroatoms. The van der Waals surface area contributed by atoms with E-state index in [2.05, 4.69) is 50.7 Å². The summed E-state index contributed by atoms with van der Waals surface area (Å²) in [5, 5.41) is 13.2. The van der Waals surface area contributed by atoms with Gasteiger partial charge < -0.3 is 9.47 Å². The van der Waals surface area contributed by atoms with Crippen molar-refractivity contribution in [2.45, 2.75) is 31.3 Å². The third-order valence-corrected chi connectivity index (χ3v) is 6.20. The number of nitrogens with zero attached hydrogens (tertiary/aromatic N) is 7. The van der Waals surface area contributed by atoms with Gasteiger partial charge in [-0.1, -0.05) is 20.8 Å². The molecule has 0 atom stereocenters. The number of hydrogen-bond acceptors (Lipinski definition) is 7. The molecule has 0 aromatic carbocycles. The van der Waals surface area contributed by atoms with Crippen molar-refractivity contribution in [2.24, 2.45) is 13.0 Å². The molecular weight excluding hydrogens is 380 g/mol.